The molecule has 0 bridgehead atoms. The van der Waals surface area contributed by atoms with Crippen LogP contribution in [0.15, 0.2) is 12.1 Å². The third-order valence-electron chi connectivity index (χ3n) is 7.16. The lowest BCUT2D eigenvalue weighted by molar-refractivity contribution is 0.0321. The van der Waals surface area contributed by atoms with Gasteiger partial charge in [-0.15, -0.1) is 0 Å². The van der Waals surface area contributed by atoms with Crippen molar-refractivity contribution in [2.45, 2.75) is 83.2 Å². The zero-order valence-electron chi connectivity index (χ0n) is 18.7. The van der Waals surface area contributed by atoms with Crippen LogP contribution in [-0.4, -0.2) is 50.5 Å². The van der Waals surface area contributed by atoms with E-state index in [1.165, 1.54) is 56.1 Å². The summed E-state index contributed by atoms with van der Waals surface area (Å²) in [5.74, 6) is 2.71. The van der Waals surface area contributed by atoms with Gasteiger partial charge in [-0.25, -0.2) is 0 Å². The van der Waals surface area contributed by atoms with E-state index in [0.29, 0.717) is 12.0 Å². The maximum Gasteiger partial charge on any atom is 0.127 e. The van der Waals surface area contributed by atoms with Crippen LogP contribution < -0.4 is 9.47 Å². The van der Waals surface area contributed by atoms with Crippen molar-refractivity contribution in [3.8, 4) is 11.5 Å². The summed E-state index contributed by atoms with van der Waals surface area (Å²) >= 11 is 0. The van der Waals surface area contributed by atoms with E-state index in [-0.39, 0.29) is 5.41 Å². The van der Waals surface area contributed by atoms with Crippen molar-refractivity contribution in [2.24, 2.45) is 0 Å². The molecule has 4 rings (SSSR count). The zero-order chi connectivity index (χ0) is 20.3. The van der Waals surface area contributed by atoms with Gasteiger partial charge in [0.25, 0.3) is 0 Å². The summed E-state index contributed by atoms with van der Waals surface area (Å²) in [5.41, 5.74) is 2.86. The first-order valence-corrected chi connectivity index (χ1v) is 11.9. The highest BCUT2D eigenvalue weighted by atomic mass is 16.5. The summed E-state index contributed by atoms with van der Waals surface area (Å²) in [6.07, 6.45) is 9.05. The molecule has 0 aromatic heterocycles. The van der Waals surface area contributed by atoms with Crippen LogP contribution in [0.25, 0.3) is 0 Å². The lowest BCUT2D eigenvalue weighted by Gasteiger charge is -2.28. The Bertz CT molecular complexity index is 681. The number of benzene rings is 1. The maximum absolute atomic E-state index is 6.48. The lowest BCUT2D eigenvalue weighted by atomic mass is 9.78. The molecule has 1 aliphatic carbocycles. The lowest BCUT2D eigenvalue weighted by Crippen LogP contribution is -2.38. The van der Waals surface area contributed by atoms with E-state index in [9.17, 15) is 0 Å². The molecule has 1 aromatic carbocycles. The molecule has 1 saturated heterocycles. The number of hydrogen-bond donors (Lipinski definition) is 0. The molecule has 0 radical (unpaired) electrons. The monoisotopic (exact) mass is 401 g/mol. The van der Waals surface area contributed by atoms with Crippen LogP contribution in [0, 0.1) is 0 Å². The SMILES string of the molecule is CCCCC(C)(C)c1cc(OCCN2CCOCC2)c2c(c1)OC1CCCCC21. The van der Waals surface area contributed by atoms with Gasteiger partial charge in [0, 0.05) is 31.1 Å². The average Bonchev–Trinajstić information content (AvgIpc) is 3.12. The predicted molar refractivity (Wildman–Crippen MR) is 117 cm³/mol. The zero-order valence-corrected chi connectivity index (χ0v) is 18.7. The van der Waals surface area contributed by atoms with E-state index < -0.39 is 0 Å². The fourth-order valence-electron chi connectivity index (χ4n) is 5.18. The van der Waals surface area contributed by atoms with Gasteiger partial charge in [-0.1, -0.05) is 40.0 Å². The first kappa shape index (κ1) is 21.0. The summed E-state index contributed by atoms with van der Waals surface area (Å²) in [5, 5.41) is 0. The first-order chi connectivity index (χ1) is 14.1. The molecule has 0 N–H and O–H groups in total. The fourth-order valence-corrected chi connectivity index (χ4v) is 5.18. The largest absolute Gasteiger partial charge is 0.492 e. The van der Waals surface area contributed by atoms with Crippen LogP contribution in [0.3, 0.4) is 0 Å². The van der Waals surface area contributed by atoms with Crippen molar-refractivity contribution in [1.82, 2.24) is 4.90 Å². The first-order valence-electron chi connectivity index (χ1n) is 11.9. The third kappa shape index (κ3) is 4.74. The second kappa shape index (κ2) is 9.26. The molecule has 29 heavy (non-hydrogen) atoms. The van der Waals surface area contributed by atoms with Crippen LogP contribution in [0.2, 0.25) is 0 Å². The van der Waals surface area contributed by atoms with Crippen molar-refractivity contribution >= 4 is 0 Å². The minimum atomic E-state index is 0.143. The molecule has 1 aromatic rings. The Balaban J connectivity index is 1.55. The second-order valence-electron chi connectivity index (χ2n) is 9.72. The van der Waals surface area contributed by atoms with Crippen LogP contribution in [0.5, 0.6) is 11.5 Å². The summed E-state index contributed by atoms with van der Waals surface area (Å²) in [6.45, 7) is 12.4. The van der Waals surface area contributed by atoms with Gasteiger partial charge < -0.3 is 14.2 Å². The number of rotatable bonds is 8. The van der Waals surface area contributed by atoms with Gasteiger partial charge in [0.1, 0.15) is 24.2 Å². The highest BCUT2D eigenvalue weighted by Crippen LogP contribution is 2.51. The van der Waals surface area contributed by atoms with E-state index in [1.807, 2.05) is 0 Å². The topological polar surface area (TPSA) is 30.9 Å². The molecule has 2 fully saturated rings. The molecule has 4 nitrogen and oxygen atoms in total. The minimum absolute atomic E-state index is 0.143. The van der Waals surface area contributed by atoms with Crippen LogP contribution in [-0.2, 0) is 10.2 Å². The van der Waals surface area contributed by atoms with Crippen LogP contribution >= 0.6 is 0 Å². The Morgan fingerprint density at radius 2 is 1.93 bits per heavy atom. The highest BCUT2D eigenvalue weighted by molar-refractivity contribution is 5.54. The Labute approximate surface area is 176 Å². The van der Waals surface area contributed by atoms with Gasteiger partial charge in [-0.05, 0) is 48.8 Å². The quantitative estimate of drug-likeness (QED) is 0.593. The molecule has 0 amide bonds. The second-order valence-corrected chi connectivity index (χ2v) is 9.72. The molecule has 162 valence electrons. The van der Waals surface area contributed by atoms with Gasteiger partial charge in [-0.2, -0.15) is 0 Å². The Hall–Kier alpha value is -1.26. The van der Waals surface area contributed by atoms with Gasteiger partial charge in [-0.3, -0.25) is 4.90 Å². The smallest absolute Gasteiger partial charge is 0.127 e. The normalized spacial score (nSPS) is 24.7. The number of morpholine rings is 1. The van der Waals surface area contributed by atoms with E-state index in [4.69, 9.17) is 14.2 Å². The minimum Gasteiger partial charge on any atom is -0.492 e. The molecule has 1 saturated carbocycles. The van der Waals surface area contributed by atoms with E-state index in [2.05, 4.69) is 37.8 Å². The van der Waals surface area contributed by atoms with Crippen molar-refractivity contribution < 1.29 is 14.2 Å². The predicted octanol–water partition coefficient (Wildman–Crippen LogP) is 5.28. The number of nitrogens with zero attached hydrogens (tertiary/aromatic N) is 1. The Kier molecular flexibility index (Phi) is 6.70. The van der Waals surface area contributed by atoms with Crippen molar-refractivity contribution in [1.29, 1.82) is 0 Å². The summed E-state index contributed by atoms with van der Waals surface area (Å²) in [6, 6.07) is 4.67. The van der Waals surface area contributed by atoms with Gasteiger partial charge in [0.05, 0.1) is 13.2 Å². The fraction of sp³-hybridized carbons (Fsp3) is 0.760. The number of ether oxygens (including phenoxy) is 3. The molecule has 2 heterocycles. The number of unbranched alkanes of at least 4 members (excludes halogenated alkanes) is 1. The molecule has 4 heteroatoms. The van der Waals surface area contributed by atoms with Gasteiger partial charge in [0.2, 0.25) is 0 Å². The summed E-state index contributed by atoms with van der Waals surface area (Å²) in [4.78, 5) is 2.44. The average molecular weight is 402 g/mol. The highest BCUT2D eigenvalue weighted by Gasteiger charge is 2.39. The van der Waals surface area contributed by atoms with Crippen LogP contribution in [0.4, 0.5) is 0 Å². The van der Waals surface area contributed by atoms with Crippen molar-refractivity contribution in [2.75, 3.05) is 39.5 Å². The van der Waals surface area contributed by atoms with Gasteiger partial charge in [0.15, 0.2) is 0 Å². The molecule has 3 aliphatic rings. The molecule has 0 spiro atoms. The van der Waals surface area contributed by atoms with Gasteiger partial charge >= 0.3 is 0 Å². The van der Waals surface area contributed by atoms with E-state index in [0.717, 1.165) is 51.0 Å². The van der Waals surface area contributed by atoms with E-state index >= 15 is 0 Å². The number of hydrogen-bond acceptors (Lipinski definition) is 4. The molecule has 2 aliphatic heterocycles. The number of fused-ring (bicyclic) bond motifs is 3. The molecule has 2 atom stereocenters. The Morgan fingerprint density at radius 1 is 1.14 bits per heavy atom. The van der Waals surface area contributed by atoms with Crippen LogP contribution in [0.1, 0.15) is 82.8 Å². The van der Waals surface area contributed by atoms with Crippen molar-refractivity contribution in [3.05, 3.63) is 23.3 Å². The molecular weight excluding hydrogens is 362 g/mol. The third-order valence-corrected chi connectivity index (χ3v) is 7.16. The Morgan fingerprint density at radius 3 is 2.72 bits per heavy atom. The molecular formula is C25H39NO3. The van der Waals surface area contributed by atoms with Crippen molar-refractivity contribution in [3.63, 3.8) is 0 Å². The summed E-state index contributed by atoms with van der Waals surface area (Å²) in [7, 11) is 0. The summed E-state index contributed by atoms with van der Waals surface area (Å²) < 4.78 is 18.4. The molecule has 2 unspecified atom stereocenters. The standard InChI is InChI=1S/C25H39NO3/c1-4-5-10-25(2,3)19-17-22(28-16-13-26-11-14-27-15-12-26)24-20-8-6-7-9-21(20)29-23(24)18-19/h17-18,20-21H,4-16H2,1-3H3. The maximum atomic E-state index is 6.48. The van der Waals surface area contributed by atoms with E-state index in [1.54, 1.807) is 0 Å².